The third kappa shape index (κ3) is 6.68. The minimum atomic E-state index is -4.59. The van der Waals surface area contributed by atoms with Crippen LogP contribution in [0.2, 0.25) is 0 Å². The Labute approximate surface area is 233 Å². The lowest BCUT2D eigenvalue weighted by Gasteiger charge is -2.44. The van der Waals surface area contributed by atoms with Crippen LogP contribution >= 0.6 is 0 Å². The molecule has 11 heteroatoms. The number of nitrogens with one attached hydrogen (secondary N) is 1. The number of amides is 2. The molecule has 218 valence electrons. The number of carbonyl (C=O) groups excluding carboxylic acids is 2. The largest absolute Gasteiger partial charge is 0.416 e. The smallest absolute Gasteiger partial charge is 0.340 e. The second-order valence-corrected chi connectivity index (χ2v) is 13.1. The minimum absolute atomic E-state index is 0.102. The van der Waals surface area contributed by atoms with Gasteiger partial charge in [-0.1, -0.05) is 24.3 Å². The number of rotatable bonds is 8. The van der Waals surface area contributed by atoms with Crippen LogP contribution in [0.4, 0.5) is 13.2 Å². The van der Waals surface area contributed by atoms with Crippen molar-refractivity contribution in [1.82, 2.24) is 15.1 Å². The van der Waals surface area contributed by atoms with Gasteiger partial charge in [0.25, 0.3) is 5.91 Å². The number of benzene rings is 2. The van der Waals surface area contributed by atoms with Crippen molar-refractivity contribution in [2.24, 2.45) is 5.92 Å². The van der Waals surface area contributed by atoms with Gasteiger partial charge in [-0.25, -0.2) is 8.42 Å². The average Bonchev–Trinajstić information content (AvgIpc) is 3.27. The molecule has 2 aromatic rings. The van der Waals surface area contributed by atoms with Gasteiger partial charge in [0.1, 0.15) is 6.04 Å². The lowest BCUT2D eigenvalue weighted by molar-refractivity contribution is -0.137. The Kier molecular flexibility index (Phi) is 8.94. The Bertz CT molecular complexity index is 1320. The zero-order valence-electron chi connectivity index (χ0n) is 22.9. The van der Waals surface area contributed by atoms with Gasteiger partial charge in [-0.05, 0) is 82.8 Å². The summed E-state index contributed by atoms with van der Waals surface area (Å²) in [5, 5.41) is 2.60. The number of carbonyl (C=O) groups is 2. The van der Waals surface area contributed by atoms with E-state index < -0.39 is 33.5 Å². The van der Waals surface area contributed by atoms with Crippen molar-refractivity contribution in [1.29, 1.82) is 0 Å². The van der Waals surface area contributed by atoms with Crippen LogP contribution in [-0.4, -0.2) is 73.5 Å². The summed E-state index contributed by atoms with van der Waals surface area (Å²) in [6.07, 6.45) is -2.26. The first-order valence-electron chi connectivity index (χ1n) is 13.6. The average molecular weight is 580 g/mol. The molecule has 4 rings (SSSR count). The van der Waals surface area contributed by atoms with Crippen LogP contribution in [0.25, 0.3) is 0 Å². The Morgan fingerprint density at radius 1 is 1.07 bits per heavy atom. The number of nitrogens with zero attached hydrogens (tertiary/aromatic N) is 2. The van der Waals surface area contributed by atoms with Gasteiger partial charge in [0.05, 0.1) is 16.2 Å². The maximum absolute atomic E-state index is 13.5. The Balaban J connectivity index is 1.51. The topological polar surface area (TPSA) is 86.8 Å². The first-order chi connectivity index (χ1) is 18.8. The third-order valence-electron chi connectivity index (χ3n) is 8.24. The highest BCUT2D eigenvalue weighted by atomic mass is 32.2. The summed E-state index contributed by atoms with van der Waals surface area (Å²) in [5.74, 6) is -1.50. The summed E-state index contributed by atoms with van der Waals surface area (Å²) in [7, 11) is -1.59. The molecular weight excluding hydrogens is 543 g/mol. The predicted octanol–water partition coefficient (Wildman–Crippen LogP) is 4.39. The summed E-state index contributed by atoms with van der Waals surface area (Å²) in [6.45, 7) is 4.51. The summed E-state index contributed by atoms with van der Waals surface area (Å²) in [5.41, 5.74) is -1.12. The molecule has 2 aliphatic rings. The molecule has 0 radical (unpaired) electrons. The van der Waals surface area contributed by atoms with Crippen LogP contribution in [0.3, 0.4) is 0 Å². The van der Waals surface area contributed by atoms with Gasteiger partial charge in [0.2, 0.25) is 5.91 Å². The SMILES string of the molecule is CC(C)N(C)C1CCC(N2CCC(NC(=O)c3cccc(C(F)(F)F)c3)C2=O)C(CS(=O)(=O)c2ccccc2)C1. The number of hydrogen-bond donors (Lipinski definition) is 1. The molecule has 0 bridgehead atoms. The summed E-state index contributed by atoms with van der Waals surface area (Å²) >= 11 is 0. The molecule has 4 unspecified atom stereocenters. The molecule has 1 heterocycles. The van der Waals surface area contributed by atoms with E-state index in [2.05, 4.69) is 24.1 Å². The van der Waals surface area contributed by atoms with E-state index in [1.54, 1.807) is 35.2 Å². The molecular formula is C29H36F3N3O4S. The Hall–Kier alpha value is -2.92. The van der Waals surface area contributed by atoms with Crippen LogP contribution in [-0.2, 0) is 20.8 Å². The fourth-order valence-electron chi connectivity index (χ4n) is 5.85. The van der Waals surface area contributed by atoms with E-state index in [9.17, 15) is 31.2 Å². The molecule has 1 saturated carbocycles. The molecule has 1 N–H and O–H groups in total. The van der Waals surface area contributed by atoms with Gasteiger partial charge in [0, 0.05) is 30.2 Å². The molecule has 1 saturated heterocycles. The molecule has 2 aromatic carbocycles. The van der Waals surface area contributed by atoms with E-state index in [0.717, 1.165) is 24.6 Å². The van der Waals surface area contributed by atoms with Gasteiger partial charge in [-0.3, -0.25) is 9.59 Å². The maximum Gasteiger partial charge on any atom is 0.416 e. The molecule has 1 aliphatic heterocycles. The van der Waals surface area contributed by atoms with Crippen molar-refractivity contribution in [3.8, 4) is 0 Å². The zero-order chi connectivity index (χ0) is 29.2. The molecule has 4 atom stereocenters. The molecule has 7 nitrogen and oxygen atoms in total. The van der Waals surface area contributed by atoms with E-state index in [-0.39, 0.29) is 46.2 Å². The van der Waals surface area contributed by atoms with Crippen LogP contribution in [0.15, 0.2) is 59.5 Å². The second kappa shape index (κ2) is 11.9. The lowest BCUT2D eigenvalue weighted by atomic mass is 9.81. The van der Waals surface area contributed by atoms with E-state index in [1.165, 1.54) is 6.07 Å². The fraction of sp³-hybridized carbons (Fsp3) is 0.517. The highest BCUT2D eigenvalue weighted by Gasteiger charge is 2.44. The van der Waals surface area contributed by atoms with Gasteiger partial charge >= 0.3 is 6.18 Å². The molecule has 2 fully saturated rings. The van der Waals surface area contributed by atoms with Gasteiger partial charge < -0.3 is 15.1 Å². The highest BCUT2D eigenvalue weighted by Crippen LogP contribution is 2.36. The minimum Gasteiger partial charge on any atom is -0.340 e. The summed E-state index contributed by atoms with van der Waals surface area (Å²) in [6, 6.07) is 11.6. The standard InChI is InChI=1S/C29H36F3N3O4S/c1-19(2)34(3)23-12-13-26(21(17-23)18-40(38,39)24-10-5-4-6-11-24)35-15-14-25(28(35)37)33-27(36)20-8-7-9-22(16-20)29(30,31)32/h4-11,16,19,21,23,25-26H,12-15,17-18H2,1-3H3,(H,33,36). The van der Waals surface area contributed by atoms with Crippen molar-refractivity contribution in [3.63, 3.8) is 0 Å². The van der Waals surface area contributed by atoms with Gasteiger partial charge in [-0.15, -0.1) is 0 Å². The van der Waals surface area contributed by atoms with E-state index in [4.69, 9.17) is 0 Å². The van der Waals surface area contributed by atoms with Crippen molar-refractivity contribution in [2.45, 2.75) is 74.8 Å². The quantitative estimate of drug-likeness (QED) is 0.502. The molecule has 0 spiro atoms. The number of sulfone groups is 1. The van der Waals surface area contributed by atoms with Crippen LogP contribution in [0.1, 0.15) is 55.5 Å². The van der Waals surface area contributed by atoms with Crippen molar-refractivity contribution >= 4 is 21.7 Å². The molecule has 1 aliphatic carbocycles. The monoisotopic (exact) mass is 579 g/mol. The van der Waals surface area contributed by atoms with Crippen LogP contribution < -0.4 is 5.32 Å². The first-order valence-corrected chi connectivity index (χ1v) is 15.2. The van der Waals surface area contributed by atoms with E-state index >= 15 is 0 Å². The van der Waals surface area contributed by atoms with E-state index in [0.29, 0.717) is 25.8 Å². The van der Waals surface area contributed by atoms with Crippen LogP contribution in [0, 0.1) is 5.92 Å². The lowest BCUT2D eigenvalue weighted by Crippen LogP contribution is -2.53. The predicted molar refractivity (Wildman–Crippen MR) is 145 cm³/mol. The van der Waals surface area contributed by atoms with Crippen molar-refractivity contribution in [3.05, 3.63) is 65.7 Å². The van der Waals surface area contributed by atoms with Crippen molar-refractivity contribution < 1.29 is 31.2 Å². The number of likely N-dealkylation sites (tertiary alicyclic amines) is 1. The van der Waals surface area contributed by atoms with Gasteiger partial charge in [0.15, 0.2) is 9.84 Å². The third-order valence-corrected chi connectivity index (χ3v) is 10.1. The fourth-order valence-corrected chi connectivity index (χ4v) is 7.54. The molecule has 2 amide bonds. The number of halogens is 3. The van der Waals surface area contributed by atoms with Crippen molar-refractivity contribution in [2.75, 3.05) is 19.3 Å². The normalized spacial score (nSPS) is 24.1. The summed E-state index contributed by atoms with van der Waals surface area (Å²) in [4.78, 5) is 30.4. The summed E-state index contributed by atoms with van der Waals surface area (Å²) < 4.78 is 66.0. The van der Waals surface area contributed by atoms with E-state index in [1.807, 2.05) is 7.05 Å². The molecule has 40 heavy (non-hydrogen) atoms. The number of hydrogen-bond acceptors (Lipinski definition) is 5. The second-order valence-electron chi connectivity index (χ2n) is 11.1. The molecule has 0 aromatic heterocycles. The van der Waals surface area contributed by atoms with Gasteiger partial charge in [-0.2, -0.15) is 13.2 Å². The zero-order valence-corrected chi connectivity index (χ0v) is 23.7. The number of alkyl halides is 3. The first kappa shape index (κ1) is 30.0. The van der Waals surface area contributed by atoms with Crippen LogP contribution in [0.5, 0.6) is 0 Å². The maximum atomic E-state index is 13.5. The Morgan fingerprint density at radius 3 is 2.42 bits per heavy atom. The Morgan fingerprint density at radius 2 is 1.77 bits per heavy atom. The highest BCUT2D eigenvalue weighted by molar-refractivity contribution is 7.91.